The normalized spacial score (nSPS) is 16.0. The highest BCUT2D eigenvalue weighted by Crippen LogP contribution is 2.36. The minimum absolute atomic E-state index is 0.0572. The third-order valence-electron chi connectivity index (χ3n) is 3.48. The fraction of sp³-hybridized carbons (Fsp3) is 0.118. The van der Waals surface area contributed by atoms with Crippen molar-refractivity contribution in [1.29, 1.82) is 0 Å². The molecule has 0 fully saturated rings. The van der Waals surface area contributed by atoms with E-state index in [-0.39, 0.29) is 5.91 Å². The van der Waals surface area contributed by atoms with Crippen LogP contribution in [0, 0.1) is 6.92 Å². The van der Waals surface area contributed by atoms with Crippen molar-refractivity contribution < 1.29 is 4.79 Å². The van der Waals surface area contributed by atoms with Crippen molar-refractivity contribution in [3.05, 3.63) is 65.2 Å². The molecule has 0 aliphatic carbocycles. The predicted octanol–water partition coefficient (Wildman–Crippen LogP) is 3.51. The van der Waals surface area contributed by atoms with Crippen molar-refractivity contribution in [2.45, 2.75) is 6.92 Å². The minimum atomic E-state index is 0.0572. The Balaban J connectivity index is 2.10. The molecule has 2 aromatic rings. The lowest BCUT2D eigenvalue weighted by Crippen LogP contribution is -2.20. The standard InChI is InChI=1S/C17H15NO/c1-12-7-9-13(10-8-12)11-15-14-5-3-4-6-16(14)18(2)17(15)19/h3-11H,1-2H3/b15-11-. The van der Waals surface area contributed by atoms with Crippen molar-refractivity contribution in [2.75, 3.05) is 11.9 Å². The highest BCUT2D eigenvalue weighted by Gasteiger charge is 2.28. The SMILES string of the molecule is Cc1ccc(/C=C2\C(=O)N(C)c3ccccc32)cc1. The summed E-state index contributed by atoms with van der Waals surface area (Å²) in [6.07, 6.45) is 1.96. The second-order valence-electron chi connectivity index (χ2n) is 4.85. The average molecular weight is 249 g/mol. The molecule has 0 saturated carbocycles. The zero-order chi connectivity index (χ0) is 13.4. The van der Waals surface area contributed by atoms with Gasteiger partial charge in [0.15, 0.2) is 0 Å². The van der Waals surface area contributed by atoms with Crippen molar-refractivity contribution >= 4 is 23.2 Å². The van der Waals surface area contributed by atoms with E-state index < -0.39 is 0 Å². The van der Waals surface area contributed by atoms with Crippen LogP contribution in [0.15, 0.2) is 48.5 Å². The number of hydrogen-bond donors (Lipinski definition) is 0. The molecular formula is C17H15NO. The maximum absolute atomic E-state index is 12.3. The van der Waals surface area contributed by atoms with Crippen LogP contribution in [0.3, 0.4) is 0 Å². The monoisotopic (exact) mass is 249 g/mol. The summed E-state index contributed by atoms with van der Waals surface area (Å²) in [5.74, 6) is 0.0572. The number of carbonyl (C=O) groups is 1. The first-order chi connectivity index (χ1) is 9.16. The summed E-state index contributed by atoms with van der Waals surface area (Å²) < 4.78 is 0. The molecule has 2 heteroatoms. The fourth-order valence-electron chi connectivity index (χ4n) is 2.37. The molecule has 2 aromatic carbocycles. The molecule has 94 valence electrons. The van der Waals surface area contributed by atoms with Gasteiger partial charge in [-0.2, -0.15) is 0 Å². The van der Waals surface area contributed by atoms with E-state index in [1.807, 2.05) is 49.5 Å². The quantitative estimate of drug-likeness (QED) is 0.708. The third kappa shape index (κ3) is 1.95. The van der Waals surface area contributed by atoms with Crippen molar-refractivity contribution in [3.63, 3.8) is 0 Å². The van der Waals surface area contributed by atoms with E-state index in [1.54, 1.807) is 4.90 Å². The summed E-state index contributed by atoms with van der Waals surface area (Å²) in [6.45, 7) is 2.06. The topological polar surface area (TPSA) is 20.3 Å². The number of hydrogen-bond acceptors (Lipinski definition) is 1. The Hall–Kier alpha value is -2.35. The summed E-state index contributed by atoms with van der Waals surface area (Å²) in [6, 6.07) is 16.1. The largest absolute Gasteiger partial charge is 0.311 e. The molecule has 0 aromatic heterocycles. The molecule has 0 saturated heterocycles. The van der Waals surface area contributed by atoms with Crippen LogP contribution in [-0.2, 0) is 4.79 Å². The van der Waals surface area contributed by atoms with Crippen LogP contribution < -0.4 is 4.90 Å². The van der Waals surface area contributed by atoms with Crippen molar-refractivity contribution in [3.8, 4) is 0 Å². The highest BCUT2D eigenvalue weighted by atomic mass is 16.2. The van der Waals surface area contributed by atoms with Gasteiger partial charge in [-0.3, -0.25) is 4.79 Å². The fourth-order valence-corrected chi connectivity index (χ4v) is 2.37. The number of benzene rings is 2. The zero-order valence-electron chi connectivity index (χ0n) is 11.1. The second kappa shape index (κ2) is 4.39. The molecular weight excluding hydrogens is 234 g/mol. The molecule has 0 atom stereocenters. The number of para-hydroxylation sites is 1. The van der Waals surface area contributed by atoms with E-state index >= 15 is 0 Å². The first-order valence-corrected chi connectivity index (χ1v) is 6.32. The predicted molar refractivity (Wildman–Crippen MR) is 78.9 cm³/mol. The molecule has 19 heavy (non-hydrogen) atoms. The van der Waals surface area contributed by atoms with Gasteiger partial charge in [0, 0.05) is 18.2 Å². The Labute approximate surface area is 113 Å². The van der Waals surface area contributed by atoms with Crippen molar-refractivity contribution in [2.24, 2.45) is 0 Å². The van der Waals surface area contributed by atoms with Gasteiger partial charge < -0.3 is 4.90 Å². The number of fused-ring (bicyclic) bond motifs is 1. The van der Waals surface area contributed by atoms with Gasteiger partial charge >= 0.3 is 0 Å². The zero-order valence-corrected chi connectivity index (χ0v) is 11.1. The highest BCUT2D eigenvalue weighted by molar-refractivity contribution is 6.35. The summed E-state index contributed by atoms with van der Waals surface area (Å²) in [7, 11) is 1.82. The lowest BCUT2D eigenvalue weighted by Gasteiger charge is -2.07. The van der Waals surface area contributed by atoms with Crippen LogP contribution in [0.5, 0.6) is 0 Å². The van der Waals surface area contributed by atoms with Crippen LogP contribution >= 0.6 is 0 Å². The van der Waals surface area contributed by atoms with Gasteiger partial charge in [0.1, 0.15) is 0 Å². The molecule has 0 bridgehead atoms. The Kier molecular flexibility index (Phi) is 2.71. The van der Waals surface area contributed by atoms with Crippen LogP contribution in [0.4, 0.5) is 5.69 Å². The molecule has 0 N–H and O–H groups in total. The second-order valence-corrected chi connectivity index (χ2v) is 4.85. The van der Waals surface area contributed by atoms with E-state index in [4.69, 9.17) is 0 Å². The Bertz CT molecular complexity index is 668. The van der Waals surface area contributed by atoms with E-state index in [2.05, 4.69) is 19.1 Å². The first-order valence-electron chi connectivity index (χ1n) is 6.32. The molecule has 1 heterocycles. The minimum Gasteiger partial charge on any atom is -0.311 e. The van der Waals surface area contributed by atoms with E-state index in [0.717, 1.165) is 22.4 Å². The summed E-state index contributed by atoms with van der Waals surface area (Å²) in [5, 5.41) is 0. The summed E-state index contributed by atoms with van der Waals surface area (Å²) in [4.78, 5) is 14.0. The molecule has 0 unspecified atom stereocenters. The number of anilines is 1. The lowest BCUT2D eigenvalue weighted by molar-refractivity contribution is -0.112. The van der Waals surface area contributed by atoms with Gasteiger partial charge in [-0.05, 0) is 24.6 Å². The lowest BCUT2D eigenvalue weighted by atomic mass is 10.0. The van der Waals surface area contributed by atoms with Gasteiger partial charge in [0.2, 0.25) is 0 Å². The van der Waals surface area contributed by atoms with Crippen LogP contribution in [-0.4, -0.2) is 13.0 Å². The van der Waals surface area contributed by atoms with Gasteiger partial charge in [0.25, 0.3) is 5.91 Å². The Morgan fingerprint density at radius 1 is 1.00 bits per heavy atom. The molecule has 1 amide bonds. The number of rotatable bonds is 1. The van der Waals surface area contributed by atoms with Gasteiger partial charge in [-0.15, -0.1) is 0 Å². The van der Waals surface area contributed by atoms with Crippen LogP contribution in [0.1, 0.15) is 16.7 Å². The Morgan fingerprint density at radius 3 is 2.42 bits per heavy atom. The number of aryl methyl sites for hydroxylation is 1. The van der Waals surface area contributed by atoms with E-state index in [1.165, 1.54) is 5.56 Å². The molecule has 0 radical (unpaired) electrons. The number of likely N-dealkylation sites (N-methyl/N-ethyl adjacent to an activating group) is 1. The molecule has 1 aliphatic rings. The maximum Gasteiger partial charge on any atom is 0.258 e. The third-order valence-corrected chi connectivity index (χ3v) is 3.48. The Morgan fingerprint density at radius 2 is 1.68 bits per heavy atom. The number of carbonyl (C=O) groups excluding carboxylic acids is 1. The molecule has 1 aliphatic heterocycles. The summed E-state index contributed by atoms with van der Waals surface area (Å²) >= 11 is 0. The molecule has 0 spiro atoms. The average Bonchev–Trinajstić information content (AvgIpc) is 2.67. The van der Waals surface area contributed by atoms with Gasteiger partial charge in [-0.25, -0.2) is 0 Å². The smallest absolute Gasteiger partial charge is 0.258 e. The van der Waals surface area contributed by atoms with E-state index in [0.29, 0.717) is 0 Å². The van der Waals surface area contributed by atoms with E-state index in [9.17, 15) is 4.79 Å². The first kappa shape index (κ1) is 11.7. The van der Waals surface area contributed by atoms with Crippen LogP contribution in [0.25, 0.3) is 11.6 Å². The van der Waals surface area contributed by atoms with Gasteiger partial charge in [0.05, 0.1) is 5.69 Å². The van der Waals surface area contributed by atoms with Crippen molar-refractivity contribution in [1.82, 2.24) is 0 Å². The van der Waals surface area contributed by atoms with Gasteiger partial charge in [-0.1, -0.05) is 48.0 Å². The van der Waals surface area contributed by atoms with Crippen LogP contribution in [0.2, 0.25) is 0 Å². The number of nitrogens with zero attached hydrogens (tertiary/aromatic N) is 1. The maximum atomic E-state index is 12.3. The molecule has 3 rings (SSSR count). The summed E-state index contributed by atoms with van der Waals surface area (Å²) in [5.41, 5.74) is 5.03. The number of amides is 1. The molecule has 2 nitrogen and oxygen atoms in total.